The minimum atomic E-state index is -1.14. The van der Waals surface area contributed by atoms with Crippen LogP contribution in [-0.2, 0) is 45.4 Å². The Morgan fingerprint density at radius 2 is 0.976 bits per heavy atom. The smallest absolute Gasteiger partial charge is 0.407 e. The Morgan fingerprint density at radius 3 is 1.38 bits per heavy atom. The maximum atomic E-state index is 12.8. The molecule has 1 aliphatic carbocycles. The lowest BCUT2D eigenvalue weighted by molar-refractivity contribution is -0.134. The predicted octanol–water partition coefficient (Wildman–Crippen LogP) is 6.12. The summed E-state index contributed by atoms with van der Waals surface area (Å²) in [6.45, 7) is 0.813. The molecule has 5 atom stereocenters. The van der Waals surface area contributed by atoms with E-state index in [2.05, 4.69) is 0 Å². The number of hydrogen-bond acceptors (Lipinski definition) is 5. The van der Waals surface area contributed by atoms with Gasteiger partial charge < -0.3 is 24.1 Å². The van der Waals surface area contributed by atoms with E-state index in [0.29, 0.717) is 0 Å². The van der Waals surface area contributed by atoms with Crippen molar-refractivity contribution in [2.45, 2.75) is 50.7 Å². The fourth-order valence-electron chi connectivity index (χ4n) is 5.53. The highest BCUT2D eigenvalue weighted by Gasteiger charge is 2.56. The normalized spacial score (nSPS) is 21.6. The van der Waals surface area contributed by atoms with Crippen molar-refractivity contribution in [3.8, 4) is 0 Å². The Hall–Kier alpha value is -4.30. The molecule has 1 fully saturated rings. The van der Waals surface area contributed by atoms with Crippen molar-refractivity contribution in [1.29, 1.82) is 0 Å². The fourth-order valence-corrected chi connectivity index (χ4v) is 5.53. The standard InChI is InChI=1S/C35H35NO6/c37-22-30-31(36(35(38)39)21-26-13-5-1-6-14-26)33(41-24-28-17-9-3-10-18-28)34(42-25-29-19-11-4-12-20-29)32(30)40-23-27-15-7-2-8-16-27/h1-20,22,30-34H,21,23-25H2,(H,38,39). The third-order valence-corrected chi connectivity index (χ3v) is 7.57. The highest BCUT2D eigenvalue weighted by Crippen LogP contribution is 2.38. The summed E-state index contributed by atoms with van der Waals surface area (Å²) in [6, 6.07) is 37.6. The number of aldehydes is 1. The average Bonchev–Trinajstić information content (AvgIpc) is 3.34. The van der Waals surface area contributed by atoms with Gasteiger partial charge in [0.25, 0.3) is 0 Å². The van der Waals surface area contributed by atoms with E-state index in [1.165, 1.54) is 4.90 Å². The van der Waals surface area contributed by atoms with Crippen LogP contribution in [0.1, 0.15) is 22.3 Å². The Bertz CT molecular complexity index is 1390. The highest BCUT2D eigenvalue weighted by atomic mass is 16.6. The minimum Gasteiger partial charge on any atom is -0.465 e. The van der Waals surface area contributed by atoms with Gasteiger partial charge in [0.1, 0.15) is 18.5 Å². The summed E-state index contributed by atoms with van der Waals surface area (Å²) in [4.78, 5) is 27.0. The van der Waals surface area contributed by atoms with Crippen LogP contribution in [0.3, 0.4) is 0 Å². The lowest BCUT2D eigenvalue weighted by Crippen LogP contribution is -2.50. The maximum Gasteiger partial charge on any atom is 0.407 e. The molecular formula is C35H35NO6. The van der Waals surface area contributed by atoms with E-state index in [1.807, 2.05) is 121 Å². The third-order valence-electron chi connectivity index (χ3n) is 7.57. The second kappa shape index (κ2) is 14.5. The number of amides is 1. The molecule has 0 saturated heterocycles. The number of ether oxygens (including phenoxy) is 3. The third kappa shape index (κ3) is 7.31. The summed E-state index contributed by atoms with van der Waals surface area (Å²) in [5, 5.41) is 10.5. The largest absolute Gasteiger partial charge is 0.465 e. The molecule has 5 unspecified atom stereocenters. The van der Waals surface area contributed by atoms with Crippen molar-refractivity contribution in [3.63, 3.8) is 0 Å². The number of rotatable bonds is 13. The van der Waals surface area contributed by atoms with Crippen LogP contribution in [0, 0.1) is 5.92 Å². The van der Waals surface area contributed by atoms with E-state index in [4.69, 9.17) is 14.2 Å². The van der Waals surface area contributed by atoms with Crippen LogP contribution >= 0.6 is 0 Å². The van der Waals surface area contributed by atoms with E-state index in [0.717, 1.165) is 28.5 Å². The first-order valence-electron chi connectivity index (χ1n) is 14.1. The molecule has 42 heavy (non-hydrogen) atoms. The van der Waals surface area contributed by atoms with Crippen molar-refractivity contribution in [2.24, 2.45) is 5.92 Å². The topological polar surface area (TPSA) is 85.3 Å². The number of carbonyl (C=O) groups is 2. The van der Waals surface area contributed by atoms with Gasteiger partial charge >= 0.3 is 6.09 Å². The first-order valence-corrected chi connectivity index (χ1v) is 14.1. The van der Waals surface area contributed by atoms with Gasteiger partial charge in [-0.25, -0.2) is 4.79 Å². The maximum absolute atomic E-state index is 12.8. The van der Waals surface area contributed by atoms with E-state index in [9.17, 15) is 14.7 Å². The van der Waals surface area contributed by atoms with Crippen LogP contribution in [0.5, 0.6) is 0 Å². The zero-order chi connectivity index (χ0) is 29.1. The molecule has 216 valence electrons. The number of nitrogens with zero attached hydrogens (tertiary/aromatic N) is 1. The molecule has 0 bridgehead atoms. The molecule has 1 saturated carbocycles. The molecule has 4 aromatic rings. The van der Waals surface area contributed by atoms with Gasteiger partial charge in [-0.05, 0) is 22.3 Å². The van der Waals surface area contributed by atoms with E-state index < -0.39 is 36.4 Å². The van der Waals surface area contributed by atoms with Crippen molar-refractivity contribution >= 4 is 12.4 Å². The molecule has 1 amide bonds. The number of benzene rings is 4. The van der Waals surface area contributed by atoms with Crippen molar-refractivity contribution in [2.75, 3.05) is 0 Å². The molecule has 0 spiro atoms. The summed E-state index contributed by atoms with van der Waals surface area (Å²) in [7, 11) is 0. The Kier molecular flexibility index (Phi) is 10.1. The highest BCUT2D eigenvalue weighted by molar-refractivity contribution is 5.68. The van der Waals surface area contributed by atoms with Crippen molar-refractivity contribution in [3.05, 3.63) is 144 Å². The van der Waals surface area contributed by atoms with Crippen LogP contribution in [0.15, 0.2) is 121 Å². The van der Waals surface area contributed by atoms with Crippen LogP contribution in [0.2, 0.25) is 0 Å². The summed E-state index contributed by atoms with van der Waals surface area (Å²) in [5.41, 5.74) is 3.63. The van der Waals surface area contributed by atoms with Gasteiger partial charge in [0.15, 0.2) is 0 Å². The van der Waals surface area contributed by atoms with Crippen molar-refractivity contribution < 1.29 is 28.9 Å². The summed E-state index contributed by atoms with van der Waals surface area (Å²) in [5.74, 6) is -0.824. The molecule has 0 aromatic heterocycles. The van der Waals surface area contributed by atoms with Crippen LogP contribution in [0.25, 0.3) is 0 Å². The molecule has 7 nitrogen and oxygen atoms in total. The quantitative estimate of drug-likeness (QED) is 0.197. The Morgan fingerprint density at radius 1 is 0.595 bits per heavy atom. The lowest BCUT2D eigenvalue weighted by Gasteiger charge is -2.34. The first kappa shape index (κ1) is 29.2. The fraction of sp³-hybridized carbons (Fsp3) is 0.257. The molecule has 7 heteroatoms. The second-order valence-corrected chi connectivity index (χ2v) is 10.4. The first-order chi connectivity index (χ1) is 20.6. The van der Waals surface area contributed by atoms with Gasteiger partial charge in [0.2, 0.25) is 0 Å². The van der Waals surface area contributed by atoms with Gasteiger partial charge in [-0.1, -0.05) is 121 Å². The summed E-state index contributed by atoms with van der Waals surface area (Å²) >= 11 is 0. The summed E-state index contributed by atoms with van der Waals surface area (Å²) < 4.78 is 19.5. The van der Waals surface area contributed by atoms with Crippen LogP contribution in [-0.4, -0.2) is 46.7 Å². The zero-order valence-corrected chi connectivity index (χ0v) is 23.3. The monoisotopic (exact) mass is 565 g/mol. The zero-order valence-electron chi connectivity index (χ0n) is 23.3. The number of hydrogen-bond donors (Lipinski definition) is 1. The molecule has 1 aliphatic rings. The number of carbonyl (C=O) groups excluding carboxylic acids is 1. The second-order valence-electron chi connectivity index (χ2n) is 10.4. The van der Waals surface area contributed by atoms with E-state index in [-0.39, 0.29) is 26.4 Å². The van der Waals surface area contributed by atoms with Crippen LogP contribution < -0.4 is 0 Å². The Labute approximate surface area is 246 Å². The number of carboxylic acid groups (broad SMARTS) is 1. The molecule has 0 heterocycles. The molecule has 0 radical (unpaired) electrons. The SMILES string of the molecule is O=CC1C(OCc2ccccc2)C(OCc2ccccc2)C(OCc2ccccc2)C1N(Cc1ccccc1)C(=O)O. The van der Waals surface area contributed by atoms with E-state index in [1.54, 1.807) is 0 Å². The molecule has 4 aromatic carbocycles. The Balaban J connectivity index is 1.51. The molecular weight excluding hydrogens is 530 g/mol. The molecule has 0 aliphatic heterocycles. The van der Waals surface area contributed by atoms with Gasteiger partial charge in [-0.15, -0.1) is 0 Å². The summed E-state index contributed by atoms with van der Waals surface area (Å²) in [6.07, 6.45) is -2.57. The van der Waals surface area contributed by atoms with Gasteiger partial charge in [0.05, 0.1) is 37.9 Å². The van der Waals surface area contributed by atoms with Gasteiger partial charge in [-0.2, -0.15) is 0 Å². The predicted molar refractivity (Wildman–Crippen MR) is 158 cm³/mol. The van der Waals surface area contributed by atoms with Gasteiger partial charge in [-0.3, -0.25) is 4.90 Å². The average molecular weight is 566 g/mol. The molecule has 5 rings (SSSR count). The van der Waals surface area contributed by atoms with Gasteiger partial charge in [0, 0.05) is 6.54 Å². The van der Waals surface area contributed by atoms with E-state index >= 15 is 0 Å². The minimum absolute atomic E-state index is 0.0905. The van der Waals surface area contributed by atoms with Crippen LogP contribution in [0.4, 0.5) is 4.79 Å². The van der Waals surface area contributed by atoms with Crippen molar-refractivity contribution in [1.82, 2.24) is 4.90 Å². The molecule has 1 N–H and O–H groups in total. The lowest BCUT2D eigenvalue weighted by atomic mass is 10.0.